The molecule has 2 heterocycles. The van der Waals surface area contributed by atoms with E-state index in [4.69, 9.17) is 0 Å². The van der Waals surface area contributed by atoms with E-state index in [1.165, 1.54) is 0 Å². The van der Waals surface area contributed by atoms with Gasteiger partial charge >= 0.3 is 0 Å². The predicted octanol–water partition coefficient (Wildman–Crippen LogP) is 0.433. The van der Waals surface area contributed by atoms with E-state index in [2.05, 4.69) is 15.1 Å². The summed E-state index contributed by atoms with van der Waals surface area (Å²) in [5.41, 5.74) is 0.974. The summed E-state index contributed by atoms with van der Waals surface area (Å²) in [6, 6.07) is 3.86. The second-order valence-corrected chi connectivity index (χ2v) is 3.75. The Bertz CT molecular complexity index is 278. The third kappa shape index (κ3) is 2.49. The quantitative estimate of drug-likeness (QED) is 0.740. The van der Waals surface area contributed by atoms with Crippen molar-refractivity contribution in [3.63, 3.8) is 0 Å². The molecule has 0 aliphatic carbocycles. The van der Waals surface area contributed by atoms with E-state index in [0.717, 1.165) is 38.2 Å². The number of aromatic nitrogens is 2. The molecule has 1 saturated heterocycles. The molecule has 0 spiro atoms. The van der Waals surface area contributed by atoms with Crippen LogP contribution in [0, 0.1) is 0 Å². The molecule has 1 atom stereocenters. The Balaban J connectivity index is 1.91. The van der Waals surface area contributed by atoms with Gasteiger partial charge in [-0.1, -0.05) is 0 Å². The van der Waals surface area contributed by atoms with E-state index in [0.29, 0.717) is 0 Å². The van der Waals surface area contributed by atoms with Crippen LogP contribution < -0.4 is 0 Å². The Labute approximate surface area is 83.6 Å². The molecule has 1 aromatic rings. The summed E-state index contributed by atoms with van der Waals surface area (Å²) in [5.74, 6) is 0. The van der Waals surface area contributed by atoms with Crippen molar-refractivity contribution in [1.29, 1.82) is 0 Å². The topological polar surface area (TPSA) is 49.2 Å². The zero-order valence-electron chi connectivity index (χ0n) is 8.13. The van der Waals surface area contributed by atoms with E-state index < -0.39 is 0 Å². The third-order valence-corrected chi connectivity index (χ3v) is 2.49. The fourth-order valence-electron chi connectivity index (χ4n) is 1.82. The fourth-order valence-corrected chi connectivity index (χ4v) is 1.82. The molecular weight excluding hydrogens is 178 g/mol. The molecule has 0 aromatic carbocycles. The summed E-state index contributed by atoms with van der Waals surface area (Å²) >= 11 is 0. The third-order valence-electron chi connectivity index (χ3n) is 2.49. The number of nitrogens with zero attached hydrogens (tertiary/aromatic N) is 3. The molecule has 0 radical (unpaired) electrons. The van der Waals surface area contributed by atoms with Gasteiger partial charge in [-0.15, -0.1) is 0 Å². The summed E-state index contributed by atoms with van der Waals surface area (Å²) in [7, 11) is 0. The minimum absolute atomic E-state index is 0.166. The Hall–Kier alpha value is -1.00. The van der Waals surface area contributed by atoms with Crippen LogP contribution in [-0.4, -0.2) is 39.4 Å². The lowest BCUT2D eigenvalue weighted by atomic mass is 10.1. The van der Waals surface area contributed by atoms with E-state index >= 15 is 0 Å². The van der Waals surface area contributed by atoms with E-state index in [9.17, 15) is 5.11 Å². The van der Waals surface area contributed by atoms with Crippen LogP contribution in [0.2, 0.25) is 0 Å². The number of β-amino-alcohol motifs (C(OH)–C–C–N with tert-alkyl or cyclic N) is 1. The van der Waals surface area contributed by atoms with E-state index in [1.807, 2.05) is 12.1 Å². The number of aliphatic hydroxyl groups is 1. The van der Waals surface area contributed by atoms with Crippen LogP contribution in [0.25, 0.3) is 0 Å². The molecule has 2 rings (SSSR count). The first-order valence-electron chi connectivity index (χ1n) is 5.01. The molecule has 4 nitrogen and oxygen atoms in total. The lowest BCUT2D eigenvalue weighted by Crippen LogP contribution is -2.37. The van der Waals surface area contributed by atoms with Gasteiger partial charge in [0, 0.05) is 19.3 Å². The summed E-state index contributed by atoms with van der Waals surface area (Å²) in [4.78, 5) is 2.22. The standard InChI is InChI=1S/C10H15N3O/c14-10-4-2-6-13(8-10)7-9-3-1-5-11-12-9/h1,3,5,10,14H,2,4,6-8H2. The van der Waals surface area contributed by atoms with Crippen LogP contribution in [0.3, 0.4) is 0 Å². The highest BCUT2D eigenvalue weighted by molar-refractivity contribution is 4.99. The van der Waals surface area contributed by atoms with Gasteiger partial charge < -0.3 is 5.11 Å². The average Bonchev–Trinajstić information content (AvgIpc) is 2.19. The van der Waals surface area contributed by atoms with Crippen LogP contribution in [0.1, 0.15) is 18.5 Å². The molecule has 0 amide bonds. The largest absolute Gasteiger partial charge is 0.392 e. The maximum absolute atomic E-state index is 9.48. The normalized spacial score (nSPS) is 23.6. The van der Waals surface area contributed by atoms with E-state index in [1.54, 1.807) is 6.20 Å². The smallest absolute Gasteiger partial charge is 0.0771 e. The van der Waals surface area contributed by atoms with Gasteiger partial charge in [0.05, 0.1) is 11.8 Å². The summed E-state index contributed by atoms with van der Waals surface area (Å²) < 4.78 is 0. The number of rotatable bonds is 2. The molecule has 76 valence electrons. The first kappa shape index (κ1) is 9.55. The Kier molecular flexibility index (Phi) is 3.06. The van der Waals surface area contributed by atoms with Gasteiger partial charge in [-0.05, 0) is 31.5 Å². The number of hydrogen-bond donors (Lipinski definition) is 1. The Morgan fingerprint density at radius 2 is 2.50 bits per heavy atom. The monoisotopic (exact) mass is 193 g/mol. The summed E-state index contributed by atoms with van der Waals surface area (Å²) in [6.07, 6.45) is 3.51. The Morgan fingerprint density at radius 1 is 1.57 bits per heavy atom. The average molecular weight is 193 g/mol. The summed E-state index contributed by atoms with van der Waals surface area (Å²) in [5, 5.41) is 17.3. The van der Waals surface area contributed by atoms with Crippen molar-refractivity contribution in [3.8, 4) is 0 Å². The zero-order valence-corrected chi connectivity index (χ0v) is 8.13. The second-order valence-electron chi connectivity index (χ2n) is 3.75. The van der Waals surface area contributed by atoms with Gasteiger partial charge in [-0.25, -0.2) is 0 Å². The molecule has 1 aliphatic heterocycles. The van der Waals surface area contributed by atoms with Crippen LogP contribution in [0.5, 0.6) is 0 Å². The first-order valence-corrected chi connectivity index (χ1v) is 5.01. The SMILES string of the molecule is OC1CCCN(Cc2cccnn2)C1. The molecule has 0 bridgehead atoms. The first-order chi connectivity index (χ1) is 6.84. The summed E-state index contributed by atoms with van der Waals surface area (Å²) in [6.45, 7) is 2.61. The zero-order chi connectivity index (χ0) is 9.80. The maximum Gasteiger partial charge on any atom is 0.0771 e. The maximum atomic E-state index is 9.48. The van der Waals surface area contributed by atoms with Gasteiger partial charge in [-0.3, -0.25) is 4.90 Å². The van der Waals surface area contributed by atoms with Crippen molar-refractivity contribution < 1.29 is 5.11 Å². The minimum atomic E-state index is -0.166. The predicted molar refractivity (Wildman–Crippen MR) is 52.5 cm³/mol. The Morgan fingerprint density at radius 3 is 3.21 bits per heavy atom. The molecule has 1 N–H and O–H groups in total. The highest BCUT2D eigenvalue weighted by Crippen LogP contribution is 2.11. The fraction of sp³-hybridized carbons (Fsp3) is 0.600. The highest BCUT2D eigenvalue weighted by atomic mass is 16.3. The van der Waals surface area contributed by atoms with Crippen molar-refractivity contribution >= 4 is 0 Å². The molecular formula is C10H15N3O. The molecule has 0 saturated carbocycles. The van der Waals surface area contributed by atoms with Gasteiger partial charge in [0.15, 0.2) is 0 Å². The molecule has 1 fully saturated rings. The van der Waals surface area contributed by atoms with Crippen molar-refractivity contribution in [1.82, 2.24) is 15.1 Å². The van der Waals surface area contributed by atoms with Crippen LogP contribution in [0.4, 0.5) is 0 Å². The van der Waals surface area contributed by atoms with Crippen LogP contribution in [0.15, 0.2) is 18.3 Å². The van der Waals surface area contributed by atoms with Gasteiger partial charge in [0.2, 0.25) is 0 Å². The van der Waals surface area contributed by atoms with Crippen molar-refractivity contribution in [2.75, 3.05) is 13.1 Å². The highest BCUT2D eigenvalue weighted by Gasteiger charge is 2.17. The lowest BCUT2D eigenvalue weighted by Gasteiger charge is -2.29. The second kappa shape index (κ2) is 4.48. The number of likely N-dealkylation sites (tertiary alicyclic amines) is 1. The van der Waals surface area contributed by atoms with Crippen molar-refractivity contribution in [3.05, 3.63) is 24.0 Å². The molecule has 1 unspecified atom stereocenters. The molecule has 1 aliphatic rings. The number of hydrogen-bond acceptors (Lipinski definition) is 4. The van der Waals surface area contributed by atoms with Crippen molar-refractivity contribution in [2.24, 2.45) is 0 Å². The minimum Gasteiger partial charge on any atom is -0.392 e. The van der Waals surface area contributed by atoms with Gasteiger partial charge in [0.1, 0.15) is 0 Å². The van der Waals surface area contributed by atoms with Gasteiger partial charge in [0.25, 0.3) is 0 Å². The molecule has 4 heteroatoms. The number of piperidine rings is 1. The van der Waals surface area contributed by atoms with Crippen LogP contribution >= 0.6 is 0 Å². The van der Waals surface area contributed by atoms with Crippen LogP contribution in [-0.2, 0) is 6.54 Å². The molecule has 1 aromatic heterocycles. The van der Waals surface area contributed by atoms with Crippen molar-refractivity contribution in [2.45, 2.75) is 25.5 Å². The van der Waals surface area contributed by atoms with E-state index in [-0.39, 0.29) is 6.10 Å². The van der Waals surface area contributed by atoms with Gasteiger partial charge in [-0.2, -0.15) is 10.2 Å². The lowest BCUT2D eigenvalue weighted by molar-refractivity contribution is 0.0661. The number of aliphatic hydroxyl groups excluding tert-OH is 1. The molecule has 14 heavy (non-hydrogen) atoms.